The van der Waals surface area contributed by atoms with Crippen molar-refractivity contribution in [1.82, 2.24) is 10.2 Å². The lowest BCUT2D eigenvalue weighted by molar-refractivity contribution is 0.123. The third kappa shape index (κ3) is 4.19. The molecule has 3 rings (SSSR count). The van der Waals surface area contributed by atoms with Gasteiger partial charge in [0.2, 0.25) is 0 Å². The van der Waals surface area contributed by atoms with Gasteiger partial charge in [-0.05, 0) is 24.8 Å². The van der Waals surface area contributed by atoms with Crippen LogP contribution in [0.5, 0.6) is 11.5 Å². The monoisotopic (exact) mass is 348 g/mol. The molecule has 1 saturated heterocycles. The number of hydrogen-bond acceptors (Lipinski definition) is 4. The molecule has 2 fully saturated rings. The molecular formula is C16H26Cl2N2O2. The molecular weight excluding hydrogens is 323 g/mol. The first-order valence-electron chi connectivity index (χ1n) is 7.72. The Morgan fingerprint density at radius 3 is 2.27 bits per heavy atom. The Hall–Kier alpha value is -0.680. The molecule has 0 bridgehead atoms. The van der Waals surface area contributed by atoms with Gasteiger partial charge in [0, 0.05) is 43.9 Å². The van der Waals surface area contributed by atoms with E-state index in [1.54, 1.807) is 6.07 Å². The number of benzene rings is 1. The zero-order chi connectivity index (χ0) is 13.9. The zero-order valence-corrected chi connectivity index (χ0v) is 14.3. The number of halogens is 2. The van der Waals surface area contributed by atoms with E-state index in [9.17, 15) is 10.2 Å². The molecule has 3 N–H and O–H groups in total. The van der Waals surface area contributed by atoms with E-state index >= 15 is 0 Å². The highest BCUT2D eigenvalue weighted by Gasteiger charge is 2.33. The summed E-state index contributed by atoms with van der Waals surface area (Å²) in [6.45, 7) is 4.09. The summed E-state index contributed by atoms with van der Waals surface area (Å²) >= 11 is 0. The predicted molar refractivity (Wildman–Crippen MR) is 93.4 cm³/mol. The maximum atomic E-state index is 10.3. The van der Waals surface area contributed by atoms with E-state index in [-0.39, 0.29) is 36.3 Å². The molecule has 0 amide bonds. The minimum absolute atomic E-state index is 0. The Morgan fingerprint density at radius 2 is 1.68 bits per heavy atom. The van der Waals surface area contributed by atoms with Crippen LogP contribution in [0.25, 0.3) is 0 Å². The normalized spacial score (nSPS) is 20.9. The van der Waals surface area contributed by atoms with Gasteiger partial charge in [0.05, 0.1) is 0 Å². The van der Waals surface area contributed by atoms with Crippen molar-refractivity contribution < 1.29 is 10.2 Å². The smallest absolute Gasteiger partial charge is 0.124 e. The fourth-order valence-corrected chi connectivity index (χ4v) is 3.76. The number of hydrogen-bond donors (Lipinski definition) is 3. The molecule has 1 saturated carbocycles. The van der Waals surface area contributed by atoms with Crippen LogP contribution in [0, 0.1) is 5.92 Å². The summed E-state index contributed by atoms with van der Waals surface area (Å²) in [7, 11) is 0. The predicted octanol–water partition coefficient (Wildman–Crippen LogP) is 3.08. The minimum atomic E-state index is 0. The van der Waals surface area contributed by atoms with Crippen LogP contribution in [0.4, 0.5) is 0 Å². The Kier molecular flexibility index (Phi) is 7.77. The Bertz CT molecular complexity index is 461. The van der Waals surface area contributed by atoms with Gasteiger partial charge < -0.3 is 15.5 Å². The van der Waals surface area contributed by atoms with Crippen LogP contribution in [0.3, 0.4) is 0 Å². The largest absolute Gasteiger partial charge is 0.508 e. The van der Waals surface area contributed by atoms with E-state index in [0.29, 0.717) is 12.0 Å². The van der Waals surface area contributed by atoms with Crippen LogP contribution in [-0.2, 0) is 0 Å². The zero-order valence-electron chi connectivity index (χ0n) is 12.7. The van der Waals surface area contributed by atoms with Crippen molar-refractivity contribution in [1.29, 1.82) is 0 Å². The molecule has 1 atom stereocenters. The summed E-state index contributed by atoms with van der Waals surface area (Å²) in [6, 6.07) is 5.36. The molecule has 6 heteroatoms. The number of aromatic hydroxyl groups is 2. The average molecular weight is 349 g/mol. The lowest BCUT2D eigenvalue weighted by Gasteiger charge is -2.38. The standard InChI is InChI=1S/C16H24N2O2.2ClH/c19-13-5-6-14(15(20)11-13)16(12-3-1-2-4-12)18-9-7-17-8-10-18;;/h5-6,11-12,16-17,19-20H,1-4,7-10H2;2*1H/t16-;;/m1../s1. The van der Waals surface area contributed by atoms with Gasteiger partial charge >= 0.3 is 0 Å². The number of nitrogens with zero attached hydrogens (tertiary/aromatic N) is 1. The maximum Gasteiger partial charge on any atom is 0.124 e. The van der Waals surface area contributed by atoms with Gasteiger partial charge in [-0.15, -0.1) is 24.8 Å². The van der Waals surface area contributed by atoms with E-state index in [4.69, 9.17) is 0 Å². The van der Waals surface area contributed by atoms with Crippen molar-refractivity contribution in [3.05, 3.63) is 23.8 Å². The van der Waals surface area contributed by atoms with Crippen LogP contribution in [-0.4, -0.2) is 41.3 Å². The van der Waals surface area contributed by atoms with Crippen LogP contribution >= 0.6 is 24.8 Å². The Morgan fingerprint density at radius 1 is 1.05 bits per heavy atom. The number of nitrogens with one attached hydrogen (secondary N) is 1. The van der Waals surface area contributed by atoms with E-state index in [1.165, 1.54) is 31.7 Å². The topological polar surface area (TPSA) is 55.7 Å². The average Bonchev–Trinajstić information content (AvgIpc) is 2.97. The maximum absolute atomic E-state index is 10.3. The van der Waals surface area contributed by atoms with Crippen molar-refractivity contribution >= 4 is 24.8 Å². The first kappa shape index (κ1) is 19.4. The van der Waals surface area contributed by atoms with Gasteiger partial charge in [-0.25, -0.2) is 0 Å². The summed E-state index contributed by atoms with van der Waals surface area (Å²) in [5.41, 5.74) is 0.983. The highest BCUT2D eigenvalue weighted by molar-refractivity contribution is 5.85. The molecule has 0 unspecified atom stereocenters. The van der Waals surface area contributed by atoms with Gasteiger partial charge in [-0.3, -0.25) is 4.90 Å². The summed E-state index contributed by atoms with van der Waals surface area (Å²) < 4.78 is 0. The van der Waals surface area contributed by atoms with Crippen molar-refractivity contribution in [2.24, 2.45) is 5.92 Å². The molecule has 0 aromatic heterocycles. The summed E-state index contributed by atoms with van der Waals surface area (Å²) in [6.07, 6.45) is 5.09. The minimum Gasteiger partial charge on any atom is -0.508 e. The van der Waals surface area contributed by atoms with Gasteiger partial charge in [0.1, 0.15) is 11.5 Å². The molecule has 0 spiro atoms. The molecule has 22 heavy (non-hydrogen) atoms. The summed E-state index contributed by atoms with van der Waals surface area (Å²) in [4.78, 5) is 2.50. The molecule has 1 aliphatic heterocycles. The fraction of sp³-hybridized carbons (Fsp3) is 0.625. The molecule has 4 nitrogen and oxygen atoms in total. The highest BCUT2D eigenvalue weighted by atomic mass is 35.5. The number of phenols is 2. The second kappa shape index (κ2) is 8.82. The quantitative estimate of drug-likeness (QED) is 0.785. The van der Waals surface area contributed by atoms with E-state index in [0.717, 1.165) is 31.7 Å². The first-order chi connectivity index (χ1) is 9.75. The fourth-order valence-electron chi connectivity index (χ4n) is 3.76. The van der Waals surface area contributed by atoms with Gasteiger partial charge in [-0.2, -0.15) is 0 Å². The van der Waals surface area contributed by atoms with E-state index in [1.807, 2.05) is 6.07 Å². The Labute approximate surface area is 144 Å². The second-order valence-electron chi connectivity index (χ2n) is 6.02. The number of piperazine rings is 1. The van der Waals surface area contributed by atoms with Crippen molar-refractivity contribution in [3.63, 3.8) is 0 Å². The Balaban J connectivity index is 0.00000121. The second-order valence-corrected chi connectivity index (χ2v) is 6.02. The third-order valence-electron chi connectivity index (χ3n) is 4.72. The third-order valence-corrected chi connectivity index (χ3v) is 4.72. The number of rotatable bonds is 3. The van der Waals surface area contributed by atoms with Gasteiger partial charge in [-0.1, -0.05) is 18.9 Å². The van der Waals surface area contributed by atoms with E-state index < -0.39 is 0 Å². The molecule has 126 valence electrons. The molecule has 1 heterocycles. The molecule has 1 aromatic rings. The van der Waals surface area contributed by atoms with Crippen LogP contribution < -0.4 is 5.32 Å². The van der Waals surface area contributed by atoms with Crippen LogP contribution in [0.2, 0.25) is 0 Å². The molecule has 0 radical (unpaired) electrons. The van der Waals surface area contributed by atoms with E-state index in [2.05, 4.69) is 10.2 Å². The highest BCUT2D eigenvalue weighted by Crippen LogP contribution is 2.43. The van der Waals surface area contributed by atoms with Crippen molar-refractivity contribution in [3.8, 4) is 11.5 Å². The van der Waals surface area contributed by atoms with Crippen molar-refractivity contribution in [2.75, 3.05) is 26.2 Å². The molecule has 1 aromatic carbocycles. The summed E-state index contributed by atoms with van der Waals surface area (Å²) in [5, 5.41) is 23.2. The first-order valence-corrected chi connectivity index (χ1v) is 7.72. The molecule has 1 aliphatic carbocycles. The lowest BCUT2D eigenvalue weighted by Crippen LogP contribution is -2.46. The number of phenolic OH excluding ortho intramolecular Hbond substituents is 2. The van der Waals surface area contributed by atoms with Crippen LogP contribution in [0.1, 0.15) is 37.3 Å². The van der Waals surface area contributed by atoms with Gasteiger partial charge in [0.25, 0.3) is 0 Å². The van der Waals surface area contributed by atoms with Crippen LogP contribution in [0.15, 0.2) is 18.2 Å². The SMILES string of the molecule is Cl.Cl.Oc1ccc([C@@H](C2CCCC2)N2CCNCC2)c(O)c1. The lowest BCUT2D eigenvalue weighted by atomic mass is 9.89. The summed E-state index contributed by atoms with van der Waals surface area (Å²) in [5.74, 6) is 1.00. The van der Waals surface area contributed by atoms with Crippen molar-refractivity contribution in [2.45, 2.75) is 31.7 Å². The van der Waals surface area contributed by atoms with Gasteiger partial charge in [0.15, 0.2) is 0 Å². The molecule has 2 aliphatic rings.